The summed E-state index contributed by atoms with van der Waals surface area (Å²) in [5, 5.41) is 4.23. The average molecular weight is 381 g/mol. The summed E-state index contributed by atoms with van der Waals surface area (Å²) < 4.78 is 1.80. The second-order valence-corrected chi connectivity index (χ2v) is 7.07. The first-order chi connectivity index (χ1) is 14.2. The Bertz CT molecular complexity index is 1070. The molecule has 0 aliphatic heterocycles. The topological polar surface area (TPSA) is 38.1 Å². The number of benzene rings is 3. The van der Waals surface area contributed by atoms with Crippen LogP contribution in [0.4, 0.5) is 0 Å². The van der Waals surface area contributed by atoms with E-state index in [4.69, 9.17) is 0 Å². The number of aromatic nitrogens is 2. The van der Waals surface area contributed by atoms with Gasteiger partial charge in [0.25, 0.3) is 0 Å². The first kappa shape index (κ1) is 18.7. The predicted molar refractivity (Wildman–Crippen MR) is 116 cm³/mol. The Balaban J connectivity index is 1.44. The van der Waals surface area contributed by atoms with Crippen LogP contribution in [0.3, 0.4) is 0 Å². The Morgan fingerprint density at radius 2 is 1.62 bits per heavy atom. The van der Waals surface area contributed by atoms with Crippen LogP contribution in [0.25, 0.3) is 16.8 Å². The number of nitrogens with zero attached hydrogens (tertiary/aromatic N) is 3. The molecule has 0 fully saturated rings. The first-order valence-corrected chi connectivity index (χ1v) is 9.67. The maximum absolute atomic E-state index is 12.8. The molecule has 0 radical (unpaired) electrons. The fraction of sp³-hybridized carbons (Fsp3) is 0.120. The molecule has 4 rings (SSSR count). The summed E-state index contributed by atoms with van der Waals surface area (Å²) in [7, 11) is 1.86. The van der Waals surface area contributed by atoms with Crippen LogP contribution in [-0.2, 0) is 17.8 Å². The molecule has 0 saturated carbocycles. The predicted octanol–water partition coefficient (Wildman–Crippen LogP) is 4.74. The van der Waals surface area contributed by atoms with Gasteiger partial charge in [-0.25, -0.2) is 4.68 Å². The largest absolute Gasteiger partial charge is 0.341 e. The zero-order valence-electron chi connectivity index (χ0n) is 16.4. The number of carbonyl (C=O) groups excluding carboxylic acids is 1. The van der Waals surface area contributed by atoms with Crippen molar-refractivity contribution in [3.8, 4) is 16.8 Å². The van der Waals surface area contributed by atoms with Crippen LogP contribution in [0.15, 0.2) is 97.3 Å². The van der Waals surface area contributed by atoms with Crippen molar-refractivity contribution in [2.24, 2.45) is 0 Å². The van der Waals surface area contributed by atoms with Gasteiger partial charge in [0.05, 0.1) is 12.1 Å². The molecule has 0 saturated heterocycles. The van der Waals surface area contributed by atoms with Gasteiger partial charge in [-0.15, -0.1) is 0 Å². The van der Waals surface area contributed by atoms with Gasteiger partial charge in [0.2, 0.25) is 5.91 Å². The van der Waals surface area contributed by atoms with Gasteiger partial charge in [-0.3, -0.25) is 4.79 Å². The molecule has 4 aromatic rings. The van der Waals surface area contributed by atoms with Crippen LogP contribution in [0.2, 0.25) is 0 Å². The van der Waals surface area contributed by atoms with E-state index in [0.717, 1.165) is 27.9 Å². The Morgan fingerprint density at radius 1 is 0.897 bits per heavy atom. The SMILES string of the molecule is CN(Cc1ccccc1-c1ccccc1)C(=O)Cc1ccc(-n2cccn2)cc1. The molecule has 0 aliphatic carbocycles. The van der Waals surface area contributed by atoms with E-state index >= 15 is 0 Å². The van der Waals surface area contributed by atoms with Crippen molar-refractivity contribution in [2.75, 3.05) is 7.05 Å². The maximum atomic E-state index is 12.8. The lowest BCUT2D eigenvalue weighted by Crippen LogP contribution is -2.28. The zero-order chi connectivity index (χ0) is 20.1. The molecular weight excluding hydrogens is 358 g/mol. The number of amides is 1. The van der Waals surface area contributed by atoms with Gasteiger partial charge in [-0.05, 0) is 40.5 Å². The molecule has 0 N–H and O–H groups in total. The lowest BCUT2D eigenvalue weighted by molar-refractivity contribution is -0.129. The summed E-state index contributed by atoms with van der Waals surface area (Å²) in [5.41, 5.74) is 5.45. The summed E-state index contributed by atoms with van der Waals surface area (Å²) in [6, 6.07) is 28.4. The monoisotopic (exact) mass is 381 g/mol. The standard InChI is InChI=1S/C25H23N3O/c1-27(19-22-10-5-6-11-24(22)21-8-3-2-4-9-21)25(29)18-20-12-14-23(15-13-20)28-17-7-16-26-28/h2-17H,18-19H2,1H3. The third kappa shape index (κ3) is 4.43. The van der Waals surface area contributed by atoms with Crippen LogP contribution < -0.4 is 0 Å². The first-order valence-electron chi connectivity index (χ1n) is 9.67. The van der Waals surface area contributed by atoms with E-state index in [0.29, 0.717) is 13.0 Å². The highest BCUT2D eigenvalue weighted by Gasteiger charge is 2.13. The van der Waals surface area contributed by atoms with Crippen LogP contribution in [0.1, 0.15) is 11.1 Å². The molecule has 0 aliphatic rings. The van der Waals surface area contributed by atoms with Gasteiger partial charge in [0.1, 0.15) is 0 Å². The summed E-state index contributed by atoms with van der Waals surface area (Å²) in [4.78, 5) is 14.6. The molecule has 0 unspecified atom stereocenters. The summed E-state index contributed by atoms with van der Waals surface area (Å²) in [6.07, 6.45) is 4.03. The molecule has 0 bridgehead atoms. The third-order valence-electron chi connectivity index (χ3n) is 5.00. The van der Waals surface area contributed by atoms with Crippen LogP contribution >= 0.6 is 0 Å². The number of rotatable bonds is 6. The minimum Gasteiger partial charge on any atom is -0.341 e. The zero-order valence-corrected chi connectivity index (χ0v) is 16.4. The molecule has 144 valence electrons. The summed E-state index contributed by atoms with van der Waals surface area (Å²) in [6.45, 7) is 0.579. The van der Waals surface area contributed by atoms with Crippen LogP contribution in [0, 0.1) is 0 Å². The number of likely N-dealkylation sites (N-methyl/N-ethyl adjacent to an activating group) is 1. The second kappa shape index (κ2) is 8.57. The van der Waals surface area contributed by atoms with E-state index in [2.05, 4.69) is 29.4 Å². The Kier molecular flexibility index (Phi) is 5.52. The van der Waals surface area contributed by atoms with E-state index in [9.17, 15) is 4.79 Å². The fourth-order valence-corrected chi connectivity index (χ4v) is 3.40. The van der Waals surface area contributed by atoms with Crippen molar-refractivity contribution >= 4 is 5.91 Å². The molecule has 1 aromatic heterocycles. The van der Waals surface area contributed by atoms with Crippen molar-refractivity contribution in [3.05, 3.63) is 108 Å². The van der Waals surface area contributed by atoms with E-state index < -0.39 is 0 Å². The van der Waals surface area contributed by atoms with E-state index in [1.165, 1.54) is 0 Å². The van der Waals surface area contributed by atoms with E-state index in [1.807, 2.05) is 73.9 Å². The molecule has 4 nitrogen and oxygen atoms in total. The van der Waals surface area contributed by atoms with Crippen molar-refractivity contribution in [3.63, 3.8) is 0 Å². The van der Waals surface area contributed by atoms with Crippen molar-refractivity contribution in [1.82, 2.24) is 14.7 Å². The molecule has 0 atom stereocenters. The van der Waals surface area contributed by atoms with Crippen molar-refractivity contribution in [1.29, 1.82) is 0 Å². The minimum atomic E-state index is 0.0969. The van der Waals surface area contributed by atoms with Gasteiger partial charge >= 0.3 is 0 Å². The molecule has 1 heterocycles. The van der Waals surface area contributed by atoms with Gasteiger partial charge in [0, 0.05) is 26.0 Å². The Hall–Kier alpha value is -3.66. The highest BCUT2D eigenvalue weighted by atomic mass is 16.2. The Labute approximate surface area is 171 Å². The summed E-state index contributed by atoms with van der Waals surface area (Å²) in [5.74, 6) is 0.0969. The number of carbonyl (C=O) groups is 1. The van der Waals surface area contributed by atoms with E-state index in [-0.39, 0.29) is 5.91 Å². The highest BCUT2D eigenvalue weighted by molar-refractivity contribution is 5.79. The third-order valence-corrected chi connectivity index (χ3v) is 5.00. The lowest BCUT2D eigenvalue weighted by atomic mass is 9.99. The fourth-order valence-electron chi connectivity index (χ4n) is 3.40. The molecule has 0 spiro atoms. The molecule has 1 amide bonds. The normalized spacial score (nSPS) is 10.7. The smallest absolute Gasteiger partial charge is 0.227 e. The lowest BCUT2D eigenvalue weighted by Gasteiger charge is -2.20. The maximum Gasteiger partial charge on any atom is 0.227 e. The second-order valence-electron chi connectivity index (χ2n) is 7.07. The Morgan fingerprint density at radius 3 is 2.34 bits per heavy atom. The van der Waals surface area contributed by atoms with Crippen LogP contribution in [0.5, 0.6) is 0 Å². The van der Waals surface area contributed by atoms with Crippen LogP contribution in [-0.4, -0.2) is 27.6 Å². The van der Waals surface area contributed by atoms with Gasteiger partial charge in [-0.1, -0.05) is 66.7 Å². The van der Waals surface area contributed by atoms with E-state index in [1.54, 1.807) is 15.8 Å². The molecular formula is C25H23N3O. The molecule has 4 heteroatoms. The van der Waals surface area contributed by atoms with Crippen molar-refractivity contribution < 1.29 is 4.79 Å². The van der Waals surface area contributed by atoms with Gasteiger partial charge in [0.15, 0.2) is 0 Å². The minimum absolute atomic E-state index is 0.0969. The van der Waals surface area contributed by atoms with Crippen molar-refractivity contribution in [2.45, 2.75) is 13.0 Å². The van der Waals surface area contributed by atoms with Gasteiger partial charge < -0.3 is 4.90 Å². The molecule has 3 aromatic carbocycles. The highest BCUT2D eigenvalue weighted by Crippen LogP contribution is 2.24. The molecule has 29 heavy (non-hydrogen) atoms. The average Bonchev–Trinajstić information content (AvgIpc) is 3.30. The quantitative estimate of drug-likeness (QED) is 0.484. The summed E-state index contributed by atoms with van der Waals surface area (Å²) >= 11 is 0. The number of hydrogen-bond donors (Lipinski definition) is 0. The number of hydrogen-bond acceptors (Lipinski definition) is 2. The van der Waals surface area contributed by atoms with Gasteiger partial charge in [-0.2, -0.15) is 5.10 Å².